The predicted molar refractivity (Wildman–Crippen MR) is 147 cm³/mol. The van der Waals surface area contributed by atoms with Crippen LogP contribution in [0.25, 0.3) is 16.6 Å². The van der Waals surface area contributed by atoms with Crippen molar-refractivity contribution in [2.45, 2.75) is 73.1 Å². The Hall–Kier alpha value is -3.41. The average Bonchev–Trinajstić information content (AvgIpc) is 3.31. The molecule has 6 heteroatoms. The first-order valence-corrected chi connectivity index (χ1v) is 12.8. The fraction of sp³-hybridized carbons (Fsp3) is 0.414. The maximum atomic E-state index is 12.5. The molecule has 0 bridgehead atoms. The van der Waals surface area contributed by atoms with Crippen LogP contribution in [0.1, 0.15) is 94.2 Å². The fourth-order valence-electron chi connectivity index (χ4n) is 3.77. The average molecular weight is 477 g/mol. The number of H-pyrrole nitrogens is 1. The Morgan fingerprint density at radius 2 is 1.94 bits per heavy atom. The van der Waals surface area contributed by atoms with E-state index in [-0.39, 0.29) is 11.7 Å². The number of hydrogen-bond acceptors (Lipinski definition) is 4. The standard InChI is InChI=1S/C27H34N4O2.C2H6/c1-4-7-8-9-14-29-27(33)24-18-20-15-19(17-25(32)26(20)31-24)16-21-11-10-12-23(30-21)22(6-3)28-13-5-2;1-2/h6,10-13,15,17-18,31-32H,4-5,7-9,14,16H2,1-3H3,(H,29,33);1-2H3/b22-6-,28-13?;. The lowest BCUT2D eigenvalue weighted by atomic mass is 10.1. The minimum absolute atomic E-state index is 0.127. The third-order valence-electron chi connectivity index (χ3n) is 5.47. The first-order chi connectivity index (χ1) is 17.0. The molecule has 6 nitrogen and oxygen atoms in total. The smallest absolute Gasteiger partial charge is 0.267 e. The van der Waals surface area contributed by atoms with Crippen LogP contribution >= 0.6 is 0 Å². The van der Waals surface area contributed by atoms with E-state index < -0.39 is 0 Å². The Labute approximate surface area is 209 Å². The molecule has 0 atom stereocenters. The van der Waals surface area contributed by atoms with Crippen molar-refractivity contribution >= 4 is 28.7 Å². The summed E-state index contributed by atoms with van der Waals surface area (Å²) in [6.07, 6.45) is 9.69. The van der Waals surface area contributed by atoms with Gasteiger partial charge in [-0.25, -0.2) is 0 Å². The van der Waals surface area contributed by atoms with Crippen molar-refractivity contribution in [3.05, 3.63) is 65.1 Å². The van der Waals surface area contributed by atoms with Crippen LogP contribution in [-0.4, -0.2) is 33.7 Å². The molecule has 3 aromatic rings. The Morgan fingerprint density at radius 3 is 2.66 bits per heavy atom. The number of rotatable bonds is 11. The second-order valence-corrected chi connectivity index (χ2v) is 8.16. The van der Waals surface area contributed by atoms with E-state index in [1.165, 1.54) is 12.8 Å². The number of aromatic amines is 1. The monoisotopic (exact) mass is 476 g/mol. The molecule has 0 saturated heterocycles. The number of pyridine rings is 1. The number of aliphatic imine (C=N–C) groups is 1. The molecule has 0 aliphatic carbocycles. The van der Waals surface area contributed by atoms with Gasteiger partial charge in [-0.3, -0.25) is 14.8 Å². The van der Waals surface area contributed by atoms with Crippen LogP contribution in [0.3, 0.4) is 0 Å². The van der Waals surface area contributed by atoms with Gasteiger partial charge < -0.3 is 15.4 Å². The second-order valence-electron chi connectivity index (χ2n) is 8.16. The predicted octanol–water partition coefficient (Wildman–Crippen LogP) is 7.04. The number of benzene rings is 1. The lowest BCUT2D eigenvalue weighted by Crippen LogP contribution is -2.24. The van der Waals surface area contributed by atoms with Gasteiger partial charge in [-0.05, 0) is 55.7 Å². The highest BCUT2D eigenvalue weighted by Gasteiger charge is 2.13. The van der Waals surface area contributed by atoms with Crippen molar-refractivity contribution in [1.82, 2.24) is 15.3 Å². The van der Waals surface area contributed by atoms with Gasteiger partial charge in [0.15, 0.2) is 0 Å². The second kappa shape index (κ2) is 14.8. The van der Waals surface area contributed by atoms with Gasteiger partial charge in [0.25, 0.3) is 5.91 Å². The van der Waals surface area contributed by atoms with Gasteiger partial charge in [0.1, 0.15) is 11.4 Å². The van der Waals surface area contributed by atoms with E-state index in [2.05, 4.69) is 22.2 Å². The van der Waals surface area contributed by atoms with Gasteiger partial charge in [-0.1, -0.05) is 59.1 Å². The largest absolute Gasteiger partial charge is 0.506 e. The summed E-state index contributed by atoms with van der Waals surface area (Å²) in [5.74, 6) is -0.0214. The quantitative estimate of drug-likeness (QED) is 0.205. The number of allylic oxidation sites excluding steroid dienone is 1. The van der Waals surface area contributed by atoms with Crippen LogP contribution < -0.4 is 5.32 Å². The Balaban J connectivity index is 0.00000210. The molecule has 1 amide bonds. The van der Waals surface area contributed by atoms with Crippen molar-refractivity contribution in [1.29, 1.82) is 0 Å². The van der Waals surface area contributed by atoms with Crippen LogP contribution in [0.2, 0.25) is 0 Å². The topological polar surface area (TPSA) is 90.4 Å². The number of hydrogen-bond donors (Lipinski definition) is 3. The third kappa shape index (κ3) is 8.09. The molecule has 2 heterocycles. The Kier molecular flexibility index (Phi) is 11.7. The number of unbranched alkanes of at least 4 members (excludes halogenated alkanes) is 3. The van der Waals surface area contributed by atoms with E-state index in [1.54, 1.807) is 12.1 Å². The van der Waals surface area contributed by atoms with Gasteiger partial charge >= 0.3 is 0 Å². The number of nitrogens with one attached hydrogen (secondary N) is 2. The Bertz CT molecular complexity index is 1140. The molecule has 2 aromatic heterocycles. The van der Waals surface area contributed by atoms with E-state index >= 15 is 0 Å². The molecule has 0 aliphatic rings. The number of nitrogens with zero attached hydrogens (tertiary/aromatic N) is 2. The van der Waals surface area contributed by atoms with Crippen molar-refractivity contribution in [2.75, 3.05) is 6.54 Å². The summed E-state index contributed by atoms with van der Waals surface area (Å²) in [7, 11) is 0. The molecule has 0 fully saturated rings. The van der Waals surface area contributed by atoms with Crippen molar-refractivity contribution in [3.63, 3.8) is 0 Å². The van der Waals surface area contributed by atoms with Gasteiger partial charge in [0, 0.05) is 30.3 Å². The van der Waals surface area contributed by atoms with Crippen LogP contribution in [0.15, 0.2) is 47.5 Å². The number of carbonyl (C=O) groups excluding carboxylic acids is 1. The first kappa shape index (κ1) is 27.8. The molecule has 35 heavy (non-hydrogen) atoms. The highest BCUT2D eigenvalue weighted by Crippen LogP contribution is 2.28. The first-order valence-electron chi connectivity index (χ1n) is 12.8. The molecule has 3 N–H and O–H groups in total. The van der Waals surface area contributed by atoms with Gasteiger partial charge in [-0.15, -0.1) is 0 Å². The van der Waals surface area contributed by atoms with Crippen LogP contribution in [0.4, 0.5) is 0 Å². The van der Waals surface area contributed by atoms with E-state index in [0.29, 0.717) is 24.2 Å². The summed E-state index contributed by atoms with van der Waals surface area (Å²) in [4.78, 5) is 24.8. The van der Waals surface area contributed by atoms with Crippen LogP contribution in [0, 0.1) is 0 Å². The third-order valence-corrected chi connectivity index (χ3v) is 5.47. The normalized spacial score (nSPS) is 11.5. The summed E-state index contributed by atoms with van der Waals surface area (Å²) in [5.41, 5.74) is 4.51. The van der Waals surface area contributed by atoms with Crippen molar-refractivity contribution < 1.29 is 9.90 Å². The molecule has 0 unspecified atom stereocenters. The minimum Gasteiger partial charge on any atom is -0.506 e. The highest BCUT2D eigenvalue weighted by molar-refractivity contribution is 5.99. The van der Waals surface area contributed by atoms with Gasteiger partial charge in [0.2, 0.25) is 0 Å². The molecular formula is C29H40N4O2. The molecule has 0 spiro atoms. The minimum atomic E-state index is -0.149. The maximum absolute atomic E-state index is 12.5. The number of aromatic hydroxyl groups is 1. The number of amides is 1. The summed E-state index contributed by atoms with van der Waals surface area (Å²) >= 11 is 0. The van der Waals surface area contributed by atoms with Crippen LogP contribution in [0.5, 0.6) is 5.75 Å². The summed E-state index contributed by atoms with van der Waals surface area (Å²) in [6, 6.07) is 11.4. The molecule has 0 saturated carbocycles. The molecule has 1 aromatic carbocycles. The maximum Gasteiger partial charge on any atom is 0.267 e. The molecule has 0 aliphatic heterocycles. The van der Waals surface area contributed by atoms with E-state index in [4.69, 9.17) is 4.98 Å². The highest BCUT2D eigenvalue weighted by atomic mass is 16.3. The number of carbonyl (C=O) groups is 1. The van der Waals surface area contributed by atoms with Crippen molar-refractivity contribution in [3.8, 4) is 5.75 Å². The number of phenols is 1. The lowest BCUT2D eigenvalue weighted by molar-refractivity contribution is 0.0949. The van der Waals surface area contributed by atoms with Crippen LogP contribution in [-0.2, 0) is 6.42 Å². The zero-order valence-corrected chi connectivity index (χ0v) is 21.8. The summed E-state index contributed by atoms with van der Waals surface area (Å²) in [5, 5.41) is 14.3. The number of fused-ring (bicyclic) bond motifs is 1. The zero-order chi connectivity index (χ0) is 25.6. The molecular weight excluding hydrogens is 436 g/mol. The summed E-state index contributed by atoms with van der Waals surface area (Å²) in [6.45, 7) is 10.8. The fourth-order valence-corrected chi connectivity index (χ4v) is 3.77. The van der Waals surface area contributed by atoms with E-state index in [0.717, 1.165) is 47.3 Å². The molecule has 188 valence electrons. The lowest BCUT2D eigenvalue weighted by Gasteiger charge is -2.06. The van der Waals surface area contributed by atoms with Gasteiger partial charge in [0.05, 0.1) is 16.9 Å². The number of phenolic OH excluding ortho intramolecular Hbond substituents is 1. The van der Waals surface area contributed by atoms with Crippen molar-refractivity contribution in [2.24, 2.45) is 4.99 Å². The molecule has 0 radical (unpaired) electrons. The SMILES string of the molecule is C/C=C(\N=CCC)c1cccc(Cc2cc(O)c3[nH]c(C(=O)NCCCCCC)cc3c2)n1.CC. The number of aromatic nitrogens is 2. The van der Waals surface area contributed by atoms with E-state index in [1.807, 2.05) is 64.3 Å². The molecule has 3 rings (SSSR count). The van der Waals surface area contributed by atoms with E-state index in [9.17, 15) is 9.90 Å². The van der Waals surface area contributed by atoms with Gasteiger partial charge in [-0.2, -0.15) is 0 Å². The zero-order valence-electron chi connectivity index (χ0n) is 21.8. The Morgan fingerprint density at radius 1 is 1.14 bits per heavy atom. The summed E-state index contributed by atoms with van der Waals surface area (Å²) < 4.78 is 0.